The number of rotatable bonds is 3. The number of carbonyl (C=O) groups is 1. The van der Waals surface area contributed by atoms with Gasteiger partial charge in [-0.25, -0.2) is 0 Å². The van der Waals surface area contributed by atoms with Crippen LogP contribution in [0.1, 0.15) is 10.4 Å². The lowest BCUT2D eigenvalue weighted by atomic mass is 10.2. The number of nitriles is 1. The van der Waals surface area contributed by atoms with Crippen molar-refractivity contribution < 1.29 is 9.53 Å². The summed E-state index contributed by atoms with van der Waals surface area (Å²) in [7, 11) is 0. The number of benzene rings is 1. The van der Waals surface area contributed by atoms with Crippen LogP contribution in [0.5, 0.6) is 5.75 Å². The standard InChI is InChI=1S/C9H5Br2NO2/c10-7-3-6(5-13)9(8(11)4-7)14-2-1-12/h3-5H,2H2. The minimum absolute atomic E-state index is 0.0823. The predicted octanol–water partition coefficient (Wildman–Crippen LogP) is 2.93. The van der Waals surface area contributed by atoms with Crippen LogP contribution in [0.25, 0.3) is 0 Å². The molecule has 0 aliphatic carbocycles. The molecule has 14 heavy (non-hydrogen) atoms. The molecule has 0 fully saturated rings. The van der Waals surface area contributed by atoms with Crippen molar-refractivity contribution in [3.8, 4) is 11.8 Å². The number of halogens is 2. The highest BCUT2D eigenvalue weighted by molar-refractivity contribution is 9.11. The van der Waals surface area contributed by atoms with Crippen molar-refractivity contribution in [2.24, 2.45) is 0 Å². The summed E-state index contributed by atoms with van der Waals surface area (Å²) in [4.78, 5) is 10.7. The summed E-state index contributed by atoms with van der Waals surface area (Å²) in [6, 6.07) is 5.22. The van der Waals surface area contributed by atoms with Gasteiger partial charge in [-0.15, -0.1) is 0 Å². The zero-order valence-electron chi connectivity index (χ0n) is 6.96. The average Bonchev–Trinajstić information content (AvgIpc) is 2.15. The molecular formula is C9H5Br2NO2. The smallest absolute Gasteiger partial charge is 0.174 e. The summed E-state index contributed by atoms with van der Waals surface area (Å²) in [5, 5.41) is 8.35. The summed E-state index contributed by atoms with van der Waals surface area (Å²) in [5.74, 6) is 0.393. The zero-order valence-corrected chi connectivity index (χ0v) is 10.1. The van der Waals surface area contributed by atoms with Gasteiger partial charge in [0.05, 0.1) is 10.0 Å². The van der Waals surface area contributed by atoms with Gasteiger partial charge in [-0.05, 0) is 28.1 Å². The highest BCUT2D eigenvalue weighted by Crippen LogP contribution is 2.31. The van der Waals surface area contributed by atoms with Crippen molar-refractivity contribution in [1.82, 2.24) is 0 Å². The van der Waals surface area contributed by atoms with Gasteiger partial charge in [0, 0.05) is 4.47 Å². The summed E-state index contributed by atoms with van der Waals surface area (Å²) >= 11 is 6.49. The number of hydrogen-bond donors (Lipinski definition) is 0. The minimum atomic E-state index is -0.0823. The van der Waals surface area contributed by atoms with E-state index in [-0.39, 0.29) is 6.61 Å². The molecule has 0 heterocycles. The number of hydrogen-bond acceptors (Lipinski definition) is 3. The number of ether oxygens (including phenoxy) is 1. The quantitative estimate of drug-likeness (QED) is 0.805. The number of nitrogens with zero attached hydrogens (tertiary/aromatic N) is 1. The van der Waals surface area contributed by atoms with E-state index in [1.807, 2.05) is 6.07 Å². The molecule has 3 nitrogen and oxygen atoms in total. The second-order valence-corrected chi connectivity index (χ2v) is 4.14. The molecule has 0 unspecified atom stereocenters. The molecule has 1 aromatic carbocycles. The van der Waals surface area contributed by atoms with Crippen LogP contribution in [0.15, 0.2) is 21.1 Å². The van der Waals surface area contributed by atoms with Crippen LogP contribution >= 0.6 is 31.9 Å². The fraction of sp³-hybridized carbons (Fsp3) is 0.111. The Kier molecular flexibility index (Phi) is 4.11. The fourth-order valence-corrected chi connectivity index (χ4v) is 2.30. The molecule has 0 N–H and O–H groups in total. The molecule has 0 saturated heterocycles. The van der Waals surface area contributed by atoms with E-state index in [1.54, 1.807) is 12.1 Å². The van der Waals surface area contributed by atoms with E-state index in [1.165, 1.54) is 0 Å². The molecule has 1 rings (SSSR count). The molecule has 0 spiro atoms. The first-order chi connectivity index (χ1) is 6.69. The first-order valence-electron chi connectivity index (χ1n) is 3.63. The molecule has 0 saturated carbocycles. The molecule has 0 atom stereocenters. The van der Waals surface area contributed by atoms with Crippen LogP contribution in [0.2, 0.25) is 0 Å². The Balaban J connectivity index is 3.13. The van der Waals surface area contributed by atoms with Crippen molar-refractivity contribution in [2.45, 2.75) is 0 Å². The highest BCUT2D eigenvalue weighted by Gasteiger charge is 2.09. The Hall–Kier alpha value is -0.860. The lowest BCUT2D eigenvalue weighted by molar-refractivity contribution is 0.112. The van der Waals surface area contributed by atoms with Gasteiger partial charge in [0.2, 0.25) is 0 Å². The van der Waals surface area contributed by atoms with Crippen molar-refractivity contribution >= 4 is 38.1 Å². The van der Waals surface area contributed by atoms with Gasteiger partial charge in [-0.1, -0.05) is 15.9 Å². The van der Waals surface area contributed by atoms with Crippen LogP contribution < -0.4 is 4.74 Å². The van der Waals surface area contributed by atoms with Crippen molar-refractivity contribution in [3.63, 3.8) is 0 Å². The topological polar surface area (TPSA) is 50.1 Å². The van der Waals surface area contributed by atoms with Gasteiger partial charge < -0.3 is 4.74 Å². The van der Waals surface area contributed by atoms with Crippen LogP contribution in [-0.4, -0.2) is 12.9 Å². The SMILES string of the molecule is N#CCOc1c(Br)cc(Br)cc1C=O. The number of aldehydes is 1. The van der Waals surface area contributed by atoms with Gasteiger partial charge in [-0.2, -0.15) is 5.26 Å². The summed E-state index contributed by atoms with van der Waals surface area (Å²) in [5.41, 5.74) is 0.404. The third kappa shape index (κ3) is 2.56. The van der Waals surface area contributed by atoms with Crippen molar-refractivity contribution in [2.75, 3.05) is 6.61 Å². The third-order valence-corrected chi connectivity index (χ3v) is 2.49. The Morgan fingerprint density at radius 3 is 2.79 bits per heavy atom. The van der Waals surface area contributed by atoms with E-state index in [2.05, 4.69) is 31.9 Å². The largest absolute Gasteiger partial charge is 0.477 e. The van der Waals surface area contributed by atoms with E-state index in [0.29, 0.717) is 22.1 Å². The van der Waals surface area contributed by atoms with Gasteiger partial charge >= 0.3 is 0 Å². The van der Waals surface area contributed by atoms with Crippen LogP contribution in [-0.2, 0) is 0 Å². The van der Waals surface area contributed by atoms with Gasteiger partial charge in [-0.3, -0.25) is 4.79 Å². The Bertz CT molecular complexity index is 399. The van der Waals surface area contributed by atoms with E-state index >= 15 is 0 Å². The van der Waals surface area contributed by atoms with E-state index < -0.39 is 0 Å². The fourth-order valence-electron chi connectivity index (χ4n) is 0.925. The lowest BCUT2D eigenvalue weighted by Crippen LogP contribution is -1.98. The molecule has 1 aromatic rings. The third-order valence-electron chi connectivity index (χ3n) is 1.45. The summed E-state index contributed by atoms with van der Waals surface area (Å²) in [6.45, 7) is -0.0823. The Morgan fingerprint density at radius 2 is 2.21 bits per heavy atom. The maximum atomic E-state index is 10.7. The second-order valence-electron chi connectivity index (χ2n) is 2.37. The Labute approximate surface area is 97.9 Å². The van der Waals surface area contributed by atoms with Crippen LogP contribution in [0.3, 0.4) is 0 Å². The molecule has 0 bridgehead atoms. The molecule has 5 heteroatoms. The maximum absolute atomic E-state index is 10.7. The summed E-state index contributed by atoms with van der Waals surface area (Å²) < 4.78 is 6.52. The second kappa shape index (κ2) is 5.13. The molecule has 0 aliphatic rings. The maximum Gasteiger partial charge on any atom is 0.174 e. The van der Waals surface area contributed by atoms with Crippen molar-refractivity contribution in [1.29, 1.82) is 5.26 Å². The van der Waals surface area contributed by atoms with Gasteiger partial charge in [0.1, 0.15) is 11.8 Å². The normalized spacial score (nSPS) is 9.21. The van der Waals surface area contributed by atoms with E-state index in [0.717, 1.165) is 4.47 Å². The first-order valence-corrected chi connectivity index (χ1v) is 5.21. The Morgan fingerprint density at radius 1 is 1.50 bits per heavy atom. The molecule has 72 valence electrons. The van der Waals surface area contributed by atoms with Crippen LogP contribution in [0, 0.1) is 11.3 Å². The molecule has 0 amide bonds. The monoisotopic (exact) mass is 317 g/mol. The molecule has 0 radical (unpaired) electrons. The minimum Gasteiger partial charge on any atom is -0.477 e. The number of carbonyl (C=O) groups excluding carboxylic acids is 1. The van der Waals surface area contributed by atoms with Gasteiger partial charge in [0.25, 0.3) is 0 Å². The first kappa shape index (κ1) is 11.2. The van der Waals surface area contributed by atoms with Gasteiger partial charge in [0.15, 0.2) is 12.9 Å². The highest BCUT2D eigenvalue weighted by atomic mass is 79.9. The average molecular weight is 319 g/mol. The van der Waals surface area contributed by atoms with E-state index in [4.69, 9.17) is 10.00 Å². The predicted molar refractivity (Wildman–Crippen MR) is 58.3 cm³/mol. The van der Waals surface area contributed by atoms with Crippen LogP contribution in [0.4, 0.5) is 0 Å². The lowest BCUT2D eigenvalue weighted by Gasteiger charge is -2.07. The summed E-state index contributed by atoms with van der Waals surface area (Å²) in [6.07, 6.45) is 0.683. The van der Waals surface area contributed by atoms with Crippen molar-refractivity contribution in [3.05, 3.63) is 26.6 Å². The molecule has 0 aromatic heterocycles. The molecule has 0 aliphatic heterocycles. The van der Waals surface area contributed by atoms with E-state index in [9.17, 15) is 4.79 Å². The molecular weight excluding hydrogens is 314 g/mol. The zero-order chi connectivity index (χ0) is 10.6.